The topological polar surface area (TPSA) is 71.3 Å². The van der Waals surface area contributed by atoms with E-state index in [1.54, 1.807) is 0 Å². The normalized spacial score (nSPS) is 19.9. The van der Waals surface area contributed by atoms with Gasteiger partial charge in [-0.1, -0.05) is 36.8 Å². The van der Waals surface area contributed by atoms with Gasteiger partial charge in [-0.25, -0.2) is 0 Å². The molecule has 1 amide bonds. The molecule has 6 heteroatoms. The highest BCUT2D eigenvalue weighted by Gasteiger charge is 2.28. The van der Waals surface area contributed by atoms with Crippen LogP contribution in [0.5, 0.6) is 0 Å². The monoisotopic (exact) mass is 382 g/mol. The van der Waals surface area contributed by atoms with Crippen LogP contribution >= 0.6 is 0 Å². The number of nitrogens with one attached hydrogen (secondary N) is 1. The number of carbonyl (C=O) groups excluding carboxylic acids is 1. The Balaban J connectivity index is 1.31. The first-order valence-electron chi connectivity index (χ1n) is 10.6. The number of carbonyl (C=O) groups is 1. The van der Waals surface area contributed by atoms with Crippen LogP contribution in [0, 0.1) is 12.8 Å². The molecule has 2 fully saturated rings. The fraction of sp³-hybridized carbons (Fsp3) is 0.591. The summed E-state index contributed by atoms with van der Waals surface area (Å²) in [4.78, 5) is 15.0. The summed E-state index contributed by atoms with van der Waals surface area (Å²) in [7, 11) is 0. The molecule has 1 aliphatic heterocycles. The predicted molar refractivity (Wildman–Crippen MR) is 107 cm³/mol. The molecule has 4 rings (SSSR count). The van der Waals surface area contributed by atoms with Gasteiger partial charge in [-0.05, 0) is 50.8 Å². The Morgan fingerprint density at radius 1 is 1.18 bits per heavy atom. The molecule has 6 nitrogen and oxygen atoms in total. The fourth-order valence-corrected chi connectivity index (χ4v) is 4.16. The lowest BCUT2D eigenvalue weighted by Gasteiger charge is -2.32. The molecule has 1 aromatic carbocycles. The lowest BCUT2D eigenvalue weighted by molar-refractivity contribution is -0.128. The maximum Gasteiger partial charge on any atom is 0.223 e. The van der Waals surface area contributed by atoms with Crippen LogP contribution in [-0.2, 0) is 4.79 Å². The van der Waals surface area contributed by atoms with Gasteiger partial charge in [0, 0.05) is 25.3 Å². The second kappa shape index (κ2) is 8.86. The van der Waals surface area contributed by atoms with Gasteiger partial charge in [0.05, 0.1) is 6.04 Å². The van der Waals surface area contributed by atoms with Gasteiger partial charge < -0.3 is 14.6 Å². The highest BCUT2D eigenvalue weighted by Crippen LogP contribution is 2.29. The molecule has 150 valence electrons. The number of nitrogens with zero attached hydrogens (tertiary/aromatic N) is 3. The van der Waals surface area contributed by atoms with Crippen LogP contribution in [0.4, 0.5) is 0 Å². The molecule has 1 aromatic heterocycles. The Morgan fingerprint density at radius 3 is 2.54 bits per heavy atom. The van der Waals surface area contributed by atoms with E-state index < -0.39 is 0 Å². The molecule has 1 N–H and O–H groups in total. The van der Waals surface area contributed by atoms with Gasteiger partial charge >= 0.3 is 0 Å². The second-order valence-corrected chi connectivity index (χ2v) is 8.16. The van der Waals surface area contributed by atoms with Gasteiger partial charge in [0.25, 0.3) is 0 Å². The third-order valence-electron chi connectivity index (χ3n) is 6.21. The number of amides is 1. The summed E-state index contributed by atoms with van der Waals surface area (Å²) in [5.74, 6) is 2.25. The summed E-state index contributed by atoms with van der Waals surface area (Å²) < 4.78 is 5.61. The van der Waals surface area contributed by atoms with Crippen molar-refractivity contribution in [2.75, 3.05) is 19.6 Å². The quantitative estimate of drug-likeness (QED) is 0.792. The first-order chi connectivity index (χ1) is 13.7. The highest BCUT2D eigenvalue weighted by atomic mass is 16.4. The van der Waals surface area contributed by atoms with E-state index in [1.165, 1.54) is 12.0 Å². The van der Waals surface area contributed by atoms with Crippen molar-refractivity contribution in [3.63, 3.8) is 0 Å². The fourth-order valence-electron chi connectivity index (χ4n) is 4.16. The Labute approximate surface area is 166 Å². The second-order valence-electron chi connectivity index (χ2n) is 8.16. The summed E-state index contributed by atoms with van der Waals surface area (Å²) in [6, 6.07) is 10.5. The van der Waals surface area contributed by atoms with Gasteiger partial charge in [-0.3, -0.25) is 4.79 Å². The first-order valence-corrected chi connectivity index (χ1v) is 10.6. The van der Waals surface area contributed by atoms with Gasteiger partial charge in [0.15, 0.2) is 0 Å². The average molecular weight is 383 g/mol. The number of hydrogen-bond donors (Lipinski definition) is 1. The van der Waals surface area contributed by atoms with E-state index in [9.17, 15) is 4.79 Å². The molecule has 2 heterocycles. The van der Waals surface area contributed by atoms with E-state index in [-0.39, 0.29) is 17.9 Å². The van der Waals surface area contributed by atoms with E-state index >= 15 is 0 Å². The molecule has 2 aliphatic rings. The standard InChI is InChI=1S/C22H30N4O2/c1-16-24-25-22(28-16)19-10-13-26(14-11-19)15-12-20(17-6-3-2-4-7-17)23-21(27)18-8-5-9-18/h2-4,6-7,18-20H,5,8-15H2,1H3,(H,23,27). The first kappa shape index (κ1) is 19.1. The summed E-state index contributed by atoms with van der Waals surface area (Å²) in [5.41, 5.74) is 1.20. The third kappa shape index (κ3) is 4.61. The van der Waals surface area contributed by atoms with Crippen LogP contribution in [0.15, 0.2) is 34.7 Å². The van der Waals surface area contributed by atoms with Crippen molar-refractivity contribution in [2.45, 2.75) is 57.4 Å². The van der Waals surface area contributed by atoms with E-state index in [1.807, 2.05) is 13.0 Å². The lowest BCUT2D eigenvalue weighted by atomic mass is 9.84. The Kier molecular flexibility index (Phi) is 6.05. The summed E-state index contributed by atoms with van der Waals surface area (Å²) in [6.07, 6.45) is 6.29. The van der Waals surface area contributed by atoms with Crippen LogP contribution < -0.4 is 5.32 Å². The number of likely N-dealkylation sites (tertiary alicyclic amines) is 1. The van der Waals surface area contributed by atoms with Crippen molar-refractivity contribution >= 4 is 5.91 Å². The van der Waals surface area contributed by atoms with Crippen molar-refractivity contribution in [3.8, 4) is 0 Å². The van der Waals surface area contributed by atoms with Crippen molar-refractivity contribution in [3.05, 3.63) is 47.7 Å². The van der Waals surface area contributed by atoms with Crippen molar-refractivity contribution < 1.29 is 9.21 Å². The van der Waals surface area contributed by atoms with Gasteiger partial charge in [-0.2, -0.15) is 0 Å². The van der Waals surface area contributed by atoms with Gasteiger partial charge in [0.1, 0.15) is 0 Å². The molecule has 1 atom stereocenters. The zero-order chi connectivity index (χ0) is 19.3. The minimum atomic E-state index is 0.0885. The minimum absolute atomic E-state index is 0.0885. The Morgan fingerprint density at radius 2 is 1.93 bits per heavy atom. The summed E-state index contributed by atoms with van der Waals surface area (Å²) in [5, 5.41) is 11.5. The van der Waals surface area contributed by atoms with Crippen LogP contribution in [0.25, 0.3) is 0 Å². The van der Waals surface area contributed by atoms with E-state index in [2.05, 4.69) is 44.7 Å². The average Bonchev–Trinajstić information content (AvgIpc) is 3.11. The smallest absolute Gasteiger partial charge is 0.223 e. The van der Waals surface area contributed by atoms with Crippen molar-refractivity contribution in [2.24, 2.45) is 5.92 Å². The number of aromatic nitrogens is 2. The number of rotatable bonds is 7. The molecule has 2 aromatic rings. The molecular formula is C22H30N4O2. The molecule has 0 radical (unpaired) electrons. The number of aryl methyl sites for hydroxylation is 1. The summed E-state index contributed by atoms with van der Waals surface area (Å²) >= 11 is 0. The Hall–Kier alpha value is -2.21. The minimum Gasteiger partial charge on any atom is -0.425 e. The molecule has 1 saturated heterocycles. The molecule has 1 saturated carbocycles. The van der Waals surface area contributed by atoms with E-state index in [0.717, 1.165) is 57.6 Å². The largest absolute Gasteiger partial charge is 0.425 e. The zero-order valence-corrected chi connectivity index (χ0v) is 16.6. The van der Waals surface area contributed by atoms with Crippen LogP contribution in [0.1, 0.15) is 67.8 Å². The number of hydrogen-bond acceptors (Lipinski definition) is 5. The van der Waals surface area contributed by atoms with E-state index in [0.29, 0.717) is 11.8 Å². The number of piperidine rings is 1. The van der Waals surface area contributed by atoms with E-state index in [4.69, 9.17) is 4.42 Å². The predicted octanol–water partition coefficient (Wildman–Crippen LogP) is 3.61. The Bertz CT molecular complexity index is 764. The van der Waals surface area contributed by atoms with Gasteiger partial charge in [-0.15, -0.1) is 10.2 Å². The highest BCUT2D eigenvalue weighted by molar-refractivity contribution is 5.79. The van der Waals surface area contributed by atoms with Gasteiger partial charge in [0.2, 0.25) is 17.7 Å². The third-order valence-corrected chi connectivity index (χ3v) is 6.21. The molecule has 0 spiro atoms. The molecule has 0 bridgehead atoms. The van der Waals surface area contributed by atoms with Crippen molar-refractivity contribution in [1.82, 2.24) is 20.4 Å². The molecule has 1 unspecified atom stereocenters. The summed E-state index contributed by atoms with van der Waals surface area (Å²) in [6.45, 7) is 4.89. The van der Waals surface area contributed by atoms with Crippen LogP contribution in [-0.4, -0.2) is 40.6 Å². The maximum atomic E-state index is 12.5. The zero-order valence-electron chi connectivity index (χ0n) is 16.6. The molecular weight excluding hydrogens is 352 g/mol. The number of benzene rings is 1. The van der Waals surface area contributed by atoms with Crippen LogP contribution in [0.2, 0.25) is 0 Å². The maximum absolute atomic E-state index is 12.5. The molecule has 28 heavy (non-hydrogen) atoms. The molecule has 1 aliphatic carbocycles. The SMILES string of the molecule is Cc1nnc(C2CCN(CCC(NC(=O)C3CCC3)c3ccccc3)CC2)o1. The van der Waals surface area contributed by atoms with Crippen molar-refractivity contribution in [1.29, 1.82) is 0 Å². The van der Waals surface area contributed by atoms with Crippen LogP contribution in [0.3, 0.4) is 0 Å². The lowest BCUT2D eigenvalue weighted by Crippen LogP contribution is -2.39.